The van der Waals surface area contributed by atoms with Crippen molar-refractivity contribution in [1.82, 2.24) is 4.31 Å². The smallest absolute Gasteiger partial charge is 0.272 e. The summed E-state index contributed by atoms with van der Waals surface area (Å²) in [4.78, 5) is 13.4. The first kappa shape index (κ1) is 16.1. The number of hydrogen-bond acceptors (Lipinski definition) is 4. The van der Waals surface area contributed by atoms with Gasteiger partial charge < -0.3 is 5.32 Å². The van der Waals surface area contributed by atoms with Crippen LogP contribution in [0.15, 0.2) is 57.9 Å². The highest BCUT2D eigenvalue weighted by molar-refractivity contribution is 7.81. The van der Waals surface area contributed by atoms with Crippen LogP contribution in [0.1, 0.15) is 10.4 Å². The van der Waals surface area contributed by atoms with Crippen LogP contribution in [0.5, 0.6) is 0 Å². The lowest BCUT2D eigenvalue weighted by Gasteiger charge is -2.22. The van der Waals surface area contributed by atoms with Crippen LogP contribution in [-0.4, -0.2) is 27.2 Å². The van der Waals surface area contributed by atoms with E-state index in [1.165, 1.54) is 15.6 Å². The Bertz CT molecular complexity index is 893. The molecule has 2 heterocycles. The quantitative estimate of drug-likeness (QED) is 0.916. The SMILES string of the molecule is CN1C(C(=O)Nc2ccc(C#N)cc2)=CC(c2cccs2)=NS1=O. The summed E-state index contributed by atoms with van der Waals surface area (Å²) in [6, 6.07) is 12.3. The van der Waals surface area contributed by atoms with Crippen LogP contribution in [0.25, 0.3) is 0 Å². The Morgan fingerprint density at radius 1 is 1.33 bits per heavy atom. The van der Waals surface area contributed by atoms with E-state index < -0.39 is 11.2 Å². The molecule has 1 aromatic heterocycles. The van der Waals surface area contributed by atoms with E-state index in [1.54, 1.807) is 37.4 Å². The van der Waals surface area contributed by atoms with Gasteiger partial charge in [0.25, 0.3) is 5.91 Å². The first-order chi connectivity index (χ1) is 11.6. The molecule has 0 aliphatic carbocycles. The van der Waals surface area contributed by atoms with E-state index in [1.807, 2.05) is 23.6 Å². The highest BCUT2D eigenvalue weighted by atomic mass is 32.2. The van der Waals surface area contributed by atoms with Gasteiger partial charge in [-0.15, -0.1) is 11.3 Å². The predicted octanol–water partition coefficient (Wildman–Crippen LogP) is 2.46. The fourth-order valence-corrected chi connectivity index (χ4v) is 3.54. The lowest BCUT2D eigenvalue weighted by atomic mass is 10.2. The number of rotatable bonds is 3. The maximum Gasteiger partial charge on any atom is 0.272 e. The number of likely N-dealkylation sites (N-methyl/N-ethyl adjacent to an activating group) is 1. The van der Waals surface area contributed by atoms with Crippen LogP contribution in [-0.2, 0) is 16.0 Å². The maximum atomic E-state index is 12.5. The zero-order chi connectivity index (χ0) is 17.1. The fraction of sp³-hybridized carbons (Fsp3) is 0.0625. The minimum atomic E-state index is -1.66. The number of thiophene rings is 1. The van der Waals surface area contributed by atoms with Crippen LogP contribution in [0, 0.1) is 11.3 Å². The van der Waals surface area contributed by atoms with E-state index in [9.17, 15) is 9.00 Å². The summed E-state index contributed by atoms with van der Waals surface area (Å²) < 4.78 is 17.6. The normalized spacial score (nSPS) is 16.8. The molecule has 1 amide bonds. The molecule has 0 saturated carbocycles. The summed E-state index contributed by atoms with van der Waals surface area (Å²) >= 11 is -0.194. The summed E-state index contributed by atoms with van der Waals surface area (Å²) in [6.45, 7) is 0. The first-order valence-corrected chi connectivity index (χ1v) is 8.84. The molecule has 120 valence electrons. The molecule has 24 heavy (non-hydrogen) atoms. The van der Waals surface area contributed by atoms with Gasteiger partial charge in [0, 0.05) is 12.7 Å². The van der Waals surface area contributed by atoms with Crippen LogP contribution >= 0.6 is 11.3 Å². The van der Waals surface area contributed by atoms with E-state index in [4.69, 9.17) is 5.26 Å². The van der Waals surface area contributed by atoms with E-state index >= 15 is 0 Å². The second-order valence-electron chi connectivity index (χ2n) is 4.85. The molecule has 1 atom stereocenters. The molecule has 0 spiro atoms. The molecule has 1 aliphatic heterocycles. The van der Waals surface area contributed by atoms with Crippen molar-refractivity contribution in [3.63, 3.8) is 0 Å². The predicted molar refractivity (Wildman–Crippen MR) is 94.6 cm³/mol. The number of nitrogens with one attached hydrogen (secondary N) is 1. The van der Waals surface area contributed by atoms with Crippen LogP contribution in [0.4, 0.5) is 5.69 Å². The van der Waals surface area contributed by atoms with E-state index in [0.29, 0.717) is 17.0 Å². The van der Waals surface area contributed by atoms with Crippen molar-refractivity contribution in [3.05, 3.63) is 64.0 Å². The number of nitrogens with zero attached hydrogens (tertiary/aromatic N) is 3. The summed E-state index contributed by atoms with van der Waals surface area (Å²) in [5.41, 5.74) is 1.84. The largest absolute Gasteiger partial charge is 0.321 e. The average molecular weight is 356 g/mol. The van der Waals surface area contributed by atoms with Crippen molar-refractivity contribution < 1.29 is 9.00 Å². The topological polar surface area (TPSA) is 85.6 Å². The molecule has 8 heteroatoms. The first-order valence-electron chi connectivity index (χ1n) is 6.90. The number of carbonyl (C=O) groups excluding carboxylic acids is 1. The van der Waals surface area contributed by atoms with Crippen molar-refractivity contribution in [2.75, 3.05) is 12.4 Å². The van der Waals surface area contributed by atoms with Gasteiger partial charge in [0.15, 0.2) is 0 Å². The number of hydrogen-bond donors (Lipinski definition) is 1. The Balaban J connectivity index is 1.85. The summed E-state index contributed by atoms with van der Waals surface area (Å²) in [6.07, 6.45) is 1.62. The van der Waals surface area contributed by atoms with Gasteiger partial charge in [-0.25, -0.2) is 4.21 Å². The van der Waals surface area contributed by atoms with Crippen molar-refractivity contribution in [2.24, 2.45) is 4.40 Å². The summed E-state index contributed by atoms with van der Waals surface area (Å²) in [5.74, 6) is -0.389. The number of allylic oxidation sites excluding steroid dienone is 1. The molecule has 0 saturated heterocycles. The molecule has 1 unspecified atom stereocenters. The minimum Gasteiger partial charge on any atom is -0.321 e. The van der Waals surface area contributed by atoms with Gasteiger partial charge in [-0.1, -0.05) is 6.07 Å². The number of benzene rings is 1. The zero-order valence-corrected chi connectivity index (χ0v) is 14.2. The Labute approximate surface area is 145 Å². The third-order valence-electron chi connectivity index (χ3n) is 3.30. The number of anilines is 1. The van der Waals surface area contributed by atoms with Crippen LogP contribution in [0.2, 0.25) is 0 Å². The van der Waals surface area contributed by atoms with Crippen molar-refractivity contribution in [2.45, 2.75) is 0 Å². The van der Waals surface area contributed by atoms with Gasteiger partial charge in [0.2, 0.25) is 11.2 Å². The molecular formula is C16H12N4O2S2. The van der Waals surface area contributed by atoms with E-state index in [2.05, 4.69) is 9.71 Å². The third kappa shape index (κ3) is 3.27. The highest BCUT2D eigenvalue weighted by Crippen LogP contribution is 2.21. The van der Waals surface area contributed by atoms with Gasteiger partial charge in [-0.3, -0.25) is 9.10 Å². The molecule has 1 N–H and O–H groups in total. The molecule has 1 aromatic carbocycles. The molecule has 0 fully saturated rings. The zero-order valence-electron chi connectivity index (χ0n) is 12.6. The van der Waals surface area contributed by atoms with Gasteiger partial charge in [0.1, 0.15) is 5.70 Å². The number of amides is 1. The molecule has 1 aliphatic rings. The Morgan fingerprint density at radius 2 is 2.08 bits per heavy atom. The van der Waals surface area contributed by atoms with Gasteiger partial charge in [-0.05, 0) is 41.8 Å². The highest BCUT2D eigenvalue weighted by Gasteiger charge is 2.25. The van der Waals surface area contributed by atoms with Gasteiger partial charge in [0.05, 0.1) is 22.2 Å². The maximum absolute atomic E-state index is 12.5. The van der Waals surface area contributed by atoms with Crippen molar-refractivity contribution in [1.29, 1.82) is 5.26 Å². The third-order valence-corrected chi connectivity index (χ3v) is 5.21. The standard InChI is InChI=1S/C16H12N4O2S2/c1-20-14(9-13(19-24(20)22)15-3-2-8-23-15)16(21)18-12-6-4-11(10-17)5-7-12/h2-9H,1H3,(H,18,21). The molecule has 0 bridgehead atoms. The monoisotopic (exact) mass is 356 g/mol. The van der Waals surface area contributed by atoms with Crippen LogP contribution < -0.4 is 5.32 Å². The molecule has 2 aromatic rings. The molecular weight excluding hydrogens is 344 g/mol. The van der Waals surface area contributed by atoms with E-state index in [-0.39, 0.29) is 11.6 Å². The second kappa shape index (κ2) is 6.78. The Morgan fingerprint density at radius 3 is 2.71 bits per heavy atom. The number of carbonyl (C=O) groups is 1. The second-order valence-corrected chi connectivity index (χ2v) is 6.99. The molecule has 3 rings (SSSR count). The average Bonchev–Trinajstić information content (AvgIpc) is 3.12. The van der Waals surface area contributed by atoms with Gasteiger partial charge >= 0.3 is 0 Å². The van der Waals surface area contributed by atoms with Gasteiger partial charge in [-0.2, -0.15) is 9.66 Å². The van der Waals surface area contributed by atoms with Crippen molar-refractivity contribution in [3.8, 4) is 6.07 Å². The van der Waals surface area contributed by atoms with Crippen molar-refractivity contribution >= 4 is 39.8 Å². The summed E-state index contributed by atoms with van der Waals surface area (Å²) in [7, 11) is 1.55. The fourth-order valence-electron chi connectivity index (χ4n) is 2.05. The van der Waals surface area contributed by atoms with E-state index in [0.717, 1.165) is 4.88 Å². The Hall–Kier alpha value is -2.76. The lowest BCUT2D eigenvalue weighted by molar-refractivity contribution is -0.113. The Kier molecular flexibility index (Phi) is 4.55. The molecule has 0 radical (unpaired) electrons. The van der Waals surface area contributed by atoms with Crippen LogP contribution in [0.3, 0.4) is 0 Å². The minimum absolute atomic E-state index is 0.260. The number of nitriles is 1. The lowest BCUT2D eigenvalue weighted by Crippen LogP contribution is -2.32. The summed E-state index contributed by atoms with van der Waals surface area (Å²) in [5, 5.41) is 13.4. The molecule has 6 nitrogen and oxygen atoms in total.